The highest BCUT2D eigenvalue weighted by atomic mass is 32.1. The zero-order chi connectivity index (χ0) is 15.2. The third-order valence-corrected chi connectivity index (χ3v) is 3.99. The molecule has 21 heavy (non-hydrogen) atoms. The Morgan fingerprint density at radius 3 is 3.00 bits per heavy atom. The standard InChI is InChI=1S/C14H15N3O3S/c1-9-6-12(21-11(9)2-3-13(18)19)14(20)16-5-4-10-7-15-8-17-10/h2-3,6-8H,4-5H2,1H3,(H,15,17)(H,16,20)(H,18,19)/b3-2+. The molecule has 2 rings (SSSR count). The van der Waals surface area contributed by atoms with Crippen LogP contribution < -0.4 is 5.32 Å². The van der Waals surface area contributed by atoms with Crippen molar-refractivity contribution in [3.05, 3.63) is 45.7 Å². The summed E-state index contributed by atoms with van der Waals surface area (Å²) >= 11 is 1.28. The molecule has 2 heterocycles. The monoisotopic (exact) mass is 305 g/mol. The Kier molecular flexibility index (Phi) is 4.89. The van der Waals surface area contributed by atoms with Gasteiger partial charge in [-0.15, -0.1) is 11.3 Å². The number of carbonyl (C=O) groups excluding carboxylic acids is 1. The molecular weight excluding hydrogens is 290 g/mol. The van der Waals surface area contributed by atoms with Crippen molar-refractivity contribution in [3.8, 4) is 0 Å². The topological polar surface area (TPSA) is 95.1 Å². The number of aromatic nitrogens is 2. The number of rotatable bonds is 6. The maximum Gasteiger partial charge on any atom is 0.328 e. The molecule has 0 bridgehead atoms. The summed E-state index contributed by atoms with van der Waals surface area (Å²) in [6.45, 7) is 2.36. The van der Waals surface area contributed by atoms with E-state index in [1.807, 2.05) is 6.92 Å². The number of H-pyrrole nitrogens is 1. The van der Waals surface area contributed by atoms with E-state index in [9.17, 15) is 9.59 Å². The number of imidazole rings is 1. The second-order valence-corrected chi connectivity index (χ2v) is 5.50. The minimum absolute atomic E-state index is 0.155. The zero-order valence-corrected chi connectivity index (χ0v) is 12.2. The van der Waals surface area contributed by atoms with Gasteiger partial charge < -0.3 is 15.4 Å². The Hall–Kier alpha value is -2.41. The summed E-state index contributed by atoms with van der Waals surface area (Å²) in [5, 5.41) is 11.4. The average molecular weight is 305 g/mol. The number of carboxylic acid groups (broad SMARTS) is 1. The molecule has 6 nitrogen and oxygen atoms in total. The van der Waals surface area contributed by atoms with Crippen LogP contribution in [0.1, 0.15) is 25.8 Å². The lowest BCUT2D eigenvalue weighted by Crippen LogP contribution is -2.24. The number of carbonyl (C=O) groups is 2. The fourth-order valence-corrected chi connectivity index (χ4v) is 2.73. The number of thiophene rings is 1. The number of hydrogen-bond acceptors (Lipinski definition) is 4. The Balaban J connectivity index is 1.93. The Morgan fingerprint density at radius 1 is 1.52 bits per heavy atom. The van der Waals surface area contributed by atoms with Gasteiger partial charge in [0.05, 0.1) is 11.2 Å². The molecular formula is C14H15N3O3S. The molecule has 0 saturated heterocycles. The van der Waals surface area contributed by atoms with Crippen LogP contribution in [0.15, 0.2) is 24.7 Å². The van der Waals surface area contributed by atoms with Gasteiger partial charge in [-0.05, 0) is 24.6 Å². The van der Waals surface area contributed by atoms with E-state index in [2.05, 4.69) is 15.3 Å². The molecule has 0 saturated carbocycles. The molecule has 0 fully saturated rings. The van der Waals surface area contributed by atoms with Gasteiger partial charge >= 0.3 is 5.97 Å². The highest BCUT2D eigenvalue weighted by Crippen LogP contribution is 2.23. The fraction of sp³-hybridized carbons (Fsp3) is 0.214. The molecule has 0 unspecified atom stereocenters. The normalized spacial score (nSPS) is 10.9. The van der Waals surface area contributed by atoms with Gasteiger partial charge in [-0.2, -0.15) is 0 Å². The van der Waals surface area contributed by atoms with Crippen molar-refractivity contribution in [3.63, 3.8) is 0 Å². The molecule has 110 valence electrons. The highest BCUT2D eigenvalue weighted by molar-refractivity contribution is 7.15. The Labute approximate surface area is 125 Å². The smallest absolute Gasteiger partial charge is 0.328 e. The van der Waals surface area contributed by atoms with E-state index in [1.165, 1.54) is 17.4 Å². The van der Waals surface area contributed by atoms with Crippen LogP contribution in [0.5, 0.6) is 0 Å². The first-order valence-electron chi connectivity index (χ1n) is 6.33. The van der Waals surface area contributed by atoms with E-state index >= 15 is 0 Å². The molecule has 0 aliphatic carbocycles. The number of hydrogen-bond donors (Lipinski definition) is 3. The summed E-state index contributed by atoms with van der Waals surface area (Å²) in [7, 11) is 0. The minimum Gasteiger partial charge on any atom is -0.478 e. The van der Waals surface area contributed by atoms with E-state index in [0.29, 0.717) is 17.8 Å². The maximum absolute atomic E-state index is 12.0. The van der Waals surface area contributed by atoms with Crippen molar-refractivity contribution >= 4 is 29.3 Å². The van der Waals surface area contributed by atoms with Gasteiger partial charge in [0.2, 0.25) is 0 Å². The van der Waals surface area contributed by atoms with Crippen molar-refractivity contribution in [2.45, 2.75) is 13.3 Å². The number of aryl methyl sites for hydroxylation is 1. The number of aliphatic carboxylic acids is 1. The first-order chi connectivity index (χ1) is 10.1. The van der Waals surface area contributed by atoms with Gasteiger partial charge in [0, 0.05) is 35.8 Å². The number of nitrogens with zero attached hydrogens (tertiary/aromatic N) is 1. The van der Waals surface area contributed by atoms with Gasteiger partial charge in [-0.3, -0.25) is 4.79 Å². The van der Waals surface area contributed by atoms with Gasteiger partial charge in [0.15, 0.2) is 0 Å². The minimum atomic E-state index is -1.01. The zero-order valence-electron chi connectivity index (χ0n) is 11.4. The van der Waals surface area contributed by atoms with Gasteiger partial charge in [0.1, 0.15) is 0 Å². The van der Waals surface area contributed by atoms with E-state index < -0.39 is 5.97 Å². The fourth-order valence-electron chi connectivity index (χ4n) is 1.74. The average Bonchev–Trinajstić information content (AvgIpc) is 3.06. The van der Waals surface area contributed by atoms with Crippen LogP contribution in [-0.2, 0) is 11.2 Å². The lowest BCUT2D eigenvalue weighted by Gasteiger charge is -2.01. The largest absolute Gasteiger partial charge is 0.478 e. The van der Waals surface area contributed by atoms with Crippen LogP contribution in [0.4, 0.5) is 0 Å². The second kappa shape index (κ2) is 6.85. The van der Waals surface area contributed by atoms with Crippen molar-refractivity contribution in [2.75, 3.05) is 6.54 Å². The molecule has 0 aliphatic rings. The van der Waals surface area contributed by atoms with Gasteiger partial charge in [-0.25, -0.2) is 9.78 Å². The van der Waals surface area contributed by atoms with E-state index in [-0.39, 0.29) is 5.91 Å². The molecule has 0 radical (unpaired) electrons. The molecule has 0 atom stereocenters. The van der Waals surface area contributed by atoms with Crippen LogP contribution >= 0.6 is 11.3 Å². The highest BCUT2D eigenvalue weighted by Gasteiger charge is 2.11. The number of amides is 1. The number of carboxylic acids is 1. The first-order valence-corrected chi connectivity index (χ1v) is 7.15. The third-order valence-electron chi connectivity index (χ3n) is 2.79. The molecule has 1 amide bonds. The summed E-state index contributed by atoms with van der Waals surface area (Å²) in [5.74, 6) is -1.16. The van der Waals surface area contributed by atoms with E-state index in [1.54, 1.807) is 18.6 Å². The quantitative estimate of drug-likeness (QED) is 0.710. The van der Waals surface area contributed by atoms with Crippen LogP contribution in [0.3, 0.4) is 0 Å². The summed E-state index contributed by atoms with van der Waals surface area (Å²) in [5.41, 5.74) is 1.85. The second-order valence-electron chi connectivity index (χ2n) is 4.41. The lowest BCUT2D eigenvalue weighted by atomic mass is 10.2. The van der Waals surface area contributed by atoms with Crippen molar-refractivity contribution < 1.29 is 14.7 Å². The molecule has 0 spiro atoms. The van der Waals surface area contributed by atoms with Gasteiger partial charge in [-0.1, -0.05) is 0 Å². The SMILES string of the molecule is Cc1cc(C(=O)NCCc2cnc[nH]2)sc1/C=C/C(=O)O. The molecule has 2 aromatic rings. The lowest BCUT2D eigenvalue weighted by molar-refractivity contribution is -0.131. The van der Waals surface area contributed by atoms with E-state index in [4.69, 9.17) is 5.11 Å². The molecule has 7 heteroatoms. The molecule has 0 aliphatic heterocycles. The van der Waals surface area contributed by atoms with Gasteiger partial charge in [0.25, 0.3) is 5.91 Å². The number of nitrogens with one attached hydrogen (secondary N) is 2. The first kappa shape index (κ1) is 15.0. The maximum atomic E-state index is 12.0. The Bertz CT molecular complexity index is 659. The van der Waals surface area contributed by atoms with Crippen LogP contribution in [0.25, 0.3) is 6.08 Å². The molecule has 0 aromatic carbocycles. The van der Waals surface area contributed by atoms with Crippen LogP contribution in [0, 0.1) is 6.92 Å². The third kappa shape index (κ3) is 4.28. The molecule has 2 aromatic heterocycles. The van der Waals surface area contributed by atoms with Crippen LogP contribution in [0.2, 0.25) is 0 Å². The summed E-state index contributed by atoms with van der Waals surface area (Å²) in [6.07, 6.45) is 6.57. The summed E-state index contributed by atoms with van der Waals surface area (Å²) < 4.78 is 0. The van der Waals surface area contributed by atoms with Crippen molar-refractivity contribution in [1.29, 1.82) is 0 Å². The summed E-state index contributed by atoms with van der Waals surface area (Å²) in [4.78, 5) is 30.7. The molecule has 3 N–H and O–H groups in total. The van der Waals surface area contributed by atoms with E-state index in [0.717, 1.165) is 22.2 Å². The summed E-state index contributed by atoms with van der Waals surface area (Å²) in [6, 6.07) is 1.76. The predicted octanol–water partition coefficient (Wildman–Crippen LogP) is 1.85. The Morgan fingerprint density at radius 2 is 2.33 bits per heavy atom. The van der Waals surface area contributed by atoms with Crippen molar-refractivity contribution in [2.24, 2.45) is 0 Å². The number of aromatic amines is 1. The van der Waals surface area contributed by atoms with Crippen molar-refractivity contribution in [1.82, 2.24) is 15.3 Å². The van der Waals surface area contributed by atoms with Crippen LogP contribution in [-0.4, -0.2) is 33.5 Å². The predicted molar refractivity (Wildman–Crippen MR) is 80.4 cm³/mol.